The minimum absolute atomic E-state index is 0.271. The van der Waals surface area contributed by atoms with Crippen LogP contribution in [0.3, 0.4) is 0 Å². The Balaban J connectivity index is 1.53. The summed E-state index contributed by atoms with van der Waals surface area (Å²) in [7, 11) is 0. The Morgan fingerprint density at radius 2 is 2.07 bits per heavy atom. The van der Waals surface area contributed by atoms with Gasteiger partial charge in [-0.05, 0) is 30.3 Å². The van der Waals surface area contributed by atoms with Crippen LogP contribution < -0.4 is 5.32 Å². The van der Waals surface area contributed by atoms with E-state index in [0.717, 1.165) is 11.3 Å². The normalized spacial score (nSPS) is 12.9. The molecule has 1 aliphatic rings. The van der Waals surface area contributed by atoms with Gasteiger partial charge in [0.1, 0.15) is 6.61 Å². The molecule has 0 unspecified atom stereocenters. The number of carbonyl (C=O) groups is 1. The number of fused-ring (bicyclic) bond motifs is 2. The number of hydrogen-bond donors (Lipinski definition) is 1. The molecule has 27 heavy (non-hydrogen) atoms. The SMILES string of the molecule is O=C1OCc2cc(Nc3ncc4nnn(-c5ccccc5Cl)c4n3)ccc21. The maximum Gasteiger partial charge on any atom is 0.338 e. The summed E-state index contributed by atoms with van der Waals surface area (Å²) in [6.07, 6.45) is 1.59. The molecule has 9 heteroatoms. The molecular weight excluding hydrogens is 368 g/mol. The van der Waals surface area contributed by atoms with Gasteiger partial charge in [-0.25, -0.2) is 9.78 Å². The number of esters is 1. The van der Waals surface area contributed by atoms with Crippen LogP contribution in [0.25, 0.3) is 16.9 Å². The molecule has 3 heterocycles. The van der Waals surface area contributed by atoms with E-state index in [2.05, 4.69) is 25.6 Å². The first-order chi connectivity index (χ1) is 13.2. The van der Waals surface area contributed by atoms with Gasteiger partial charge in [-0.1, -0.05) is 28.9 Å². The maximum absolute atomic E-state index is 11.6. The molecule has 2 aromatic heterocycles. The van der Waals surface area contributed by atoms with E-state index in [4.69, 9.17) is 16.3 Å². The summed E-state index contributed by atoms with van der Waals surface area (Å²) in [5.74, 6) is 0.0761. The summed E-state index contributed by atoms with van der Waals surface area (Å²) < 4.78 is 6.59. The maximum atomic E-state index is 11.6. The predicted molar refractivity (Wildman–Crippen MR) is 98.3 cm³/mol. The number of nitrogens with one attached hydrogen (secondary N) is 1. The van der Waals surface area contributed by atoms with Crippen LogP contribution in [0.2, 0.25) is 5.02 Å². The lowest BCUT2D eigenvalue weighted by Crippen LogP contribution is -2.02. The molecule has 8 nitrogen and oxygen atoms in total. The minimum atomic E-state index is -0.302. The van der Waals surface area contributed by atoms with E-state index >= 15 is 0 Å². The lowest BCUT2D eigenvalue weighted by molar-refractivity contribution is 0.0535. The molecule has 0 saturated carbocycles. The van der Waals surface area contributed by atoms with Gasteiger partial charge in [0, 0.05) is 11.3 Å². The molecule has 1 aliphatic heterocycles. The third-order valence-electron chi connectivity index (χ3n) is 4.21. The van der Waals surface area contributed by atoms with E-state index < -0.39 is 0 Å². The van der Waals surface area contributed by atoms with Crippen molar-refractivity contribution in [3.05, 3.63) is 64.8 Å². The van der Waals surface area contributed by atoms with Crippen molar-refractivity contribution in [2.75, 3.05) is 5.32 Å². The summed E-state index contributed by atoms with van der Waals surface area (Å²) in [4.78, 5) is 20.3. The molecule has 0 fully saturated rings. The number of nitrogens with zero attached hydrogens (tertiary/aromatic N) is 5. The van der Waals surface area contributed by atoms with Crippen molar-refractivity contribution in [2.45, 2.75) is 6.61 Å². The highest BCUT2D eigenvalue weighted by Crippen LogP contribution is 2.26. The van der Waals surface area contributed by atoms with Crippen molar-refractivity contribution < 1.29 is 9.53 Å². The second-order valence-electron chi connectivity index (χ2n) is 5.93. The Morgan fingerprint density at radius 3 is 2.96 bits per heavy atom. The first-order valence-corrected chi connectivity index (χ1v) is 8.47. The van der Waals surface area contributed by atoms with E-state index in [-0.39, 0.29) is 12.6 Å². The van der Waals surface area contributed by atoms with Crippen molar-refractivity contribution in [2.24, 2.45) is 0 Å². The number of anilines is 2. The number of carbonyl (C=O) groups excluding carboxylic acids is 1. The zero-order valence-corrected chi connectivity index (χ0v) is 14.5. The number of halogens is 1. The van der Waals surface area contributed by atoms with E-state index in [9.17, 15) is 4.79 Å². The number of aromatic nitrogens is 5. The minimum Gasteiger partial charge on any atom is -0.457 e. The highest BCUT2D eigenvalue weighted by atomic mass is 35.5. The van der Waals surface area contributed by atoms with Crippen LogP contribution in [0.15, 0.2) is 48.7 Å². The fourth-order valence-corrected chi connectivity index (χ4v) is 3.13. The van der Waals surface area contributed by atoms with E-state index in [1.54, 1.807) is 29.1 Å². The second-order valence-corrected chi connectivity index (χ2v) is 6.34. The number of hydrogen-bond acceptors (Lipinski definition) is 7. The van der Waals surface area contributed by atoms with Crippen molar-refractivity contribution in [3.63, 3.8) is 0 Å². The molecule has 2 aromatic carbocycles. The van der Waals surface area contributed by atoms with Gasteiger partial charge in [-0.15, -0.1) is 5.10 Å². The molecule has 4 aromatic rings. The van der Waals surface area contributed by atoms with Crippen molar-refractivity contribution >= 4 is 40.4 Å². The van der Waals surface area contributed by atoms with Crippen LogP contribution in [0.4, 0.5) is 11.6 Å². The van der Waals surface area contributed by atoms with E-state index in [0.29, 0.717) is 33.4 Å². The Bertz CT molecular complexity index is 1210. The number of rotatable bonds is 3. The zero-order chi connectivity index (χ0) is 18.4. The molecule has 0 amide bonds. The van der Waals surface area contributed by atoms with Crippen molar-refractivity contribution in [1.82, 2.24) is 25.0 Å². The second kappa shape index (κ2) is 6.03. The molecule has 5 rings (SSSR count). The molecular formula is C18H11ClN6O2. The van der Waals surface area contributed by atoms with Gasteiger partial charge in [0.05, 0.1) is 22.5 Å². The first kappa shape index (κ1) is 15.7. The monoisotopic (exact) mass is 378 g/mol. The molecule has 0 spiro atoms. The number of ether oxygens (including phenoxy) is 1. The summed E-state index contributed by atoms with van der Waals surface area (Å²) in [5.41, 5.74) is 3.92. The summed E-state index contributed by atoms with van der Waals surface area (Å²) in [6, 6.07) is 12.7. The number of cyclic esters (lactones) is 1. The fourth-order valence-electron chi connectivity index (χ4n) is 2.91. The van der Waals surface area contributed by atoms with Crippen LogP contribution in [-0.2, 0) is 11.3 Å². The van der Waals surface area contributed by atoms with Gasteiger partial charge in [0.15, 0.2) is 11.2 Å². The van der Waals surface area contributed by atoms with Gasteiger partial charge >= 0.3 is 5.97 Å². The van der Waals surface area contributed by atoms with E-state index in [1.165, 1.54) is 0 Å². The third-order valence-corrected chi connectivity index (χ3v) is 4.53. The van der Waals surface area contributed by atoms with Crippen LogP contribution >= 0.6 is 11.6 Å². The highest BCUT2D eigenvalue weighted by molar-refractivity contribution is 6.32. The smallest absolute Gasteiger partial charge is 0.338 e. The average molecular weight is 379 g/mol. The summed E-state index contributed by atoms with van der Waals surface area (Å²) >= 11 is 6.26. The van der Waals surface area contributed by atoms with E-state index in [1.807, 2.05) is 24.3 Å². The Morgan fingerprint density at radius 1 is 1.19 bits per heavy atom. The molecule has 0 bridgehead atoms. The predicted octanol–water partition coefficient (Wildman–Crippen LogP) is 3.28. The molecule has 0 atom stereocenters. The van der Waals surface area contributed by atoms with Gasteiger partial charge in [-0.2, -0.15) is 9.67 Å². The van der Waals surface area contributed by atoms with Crippen molar-refractivity contribution in [3.8, 4) is 5.69 Å². The number of para-hydroxylation sites is 1. The Hall–Kier alpha value is -3.52. The van der Waals surface area contributed by atoms with Gasteiger partial charge in [0.2, 0.25) is 5.95 Å². The molecule has 1 N–H and O–H groups in total. The van der Waals surface area contributed by atoms with Crippen LogP contribution in [0, 0.1) is 0 Å². The topological polar surface area (TPSA) is 94.8 Å². The summed E-state index contributed by atoms with van der Waals surface area (Å²) in [5, 5.41) is 11.9. The van der Waals surface area contributed by atoms with Crippen molar-refractivity contribution in [1.29, 1.82) is 0 Å². The lowest BCUT2D eigenvalue weighted by atomic mass is 10.1. The molecule has 0 saturated heterocycles. The van der Waals surface area contributed by atoms with Gasteiger partial charge in [0.25, 0.3) is 0 Å². The number of benzene rings is 2. The van der Waals surface area contributed by atoms with Crippen LogP contribution in [0.5, 0.6) is 0 Å². The summed E-state index contributed by atoms with van der Waals surface area (Å²) in [6.45, 7) is 0.271. The van der Waals surface area contributed by atoms with Gasteiger partial charge < -0.3 is 10.1 Å². The standard InChI is InChI=1S/C18H11ClN6O2/c19-13-3-1-2-4-15(13)25-16-14(23-24-25)8-20-18(22-16)21-11-5-6-12-10(7-11)9-27-17(12)26/h1-8H,9H2,(H,20,21,22). The first-order valence-electron chi connectivity index (χ1n) is 8.09. The largest absolute Gasteiger partial charge is 0.457 e. The van der Waals surface area contributed by atoms with Crippen LogP contribution in [0.1, 0.15) is 15.9 Å². The quantitative estimate of drug-likeness (QED) is 0.546. The Kier molecular flexibility index (Phi) is 3.51. The zero-order valence-electron chi connectivity index (χ0n) is 13.8. The highest BCUT2D eigenvalue weighted by Gasteiger charge is 2.21. The molecule has 0 radical (unpaired) electrons. The fraction of sp³-hybridized carbons (Fsp3) is 0.0556. The third kappa shape index (κ3) is 2.67. The lowest BCUT2D eigenvalue weighted by Gasteiger charge is -2.07. The van der Waals surface area contributed by atoms with Gasteiger partial charge in [-0.3, -0.25) is 0 Å². The van der Waals surface area contributed by atoms with Crippen LogP contribution in [-0.4, -0.2) is 30.9 Å². The molecule has 0 aliphatic carbocycles. The molecule has 132 valence electrons. The Labute approximate surface area is 157 Å². The average Bonchev–Trinajstić information content (AvgIpc) is 3.26.